The number of carbonyl (C=O) groups excluding carboxylic acids is 1. The molecule has 5 atom stereocenters. The number of nitrogens with zero attached hydrogens (tertiary/aromatic N) is 3. The molecule has 2 aromatic rings. The third kappa shape index (κ3) is 2.87. The minimum absolute atomic E-state index is 0.142. The molecule has 0 radical (unpaired) electrons. The van der Waals surface area contributed by atoms with Gasteiger partial charge in [0.05, 0.1) is 0 Å². The number of carbonyl (C=O) groups is 1. The molecule has 5 unspecified atom stereocenters. The molecule has 4 bridgehead atoms. The normalized spacial score (nSPS) is 29.8. The number of rotatable bonds is 6. The van der Waals surface area contributed by atoms with Crippen LogP contribution in [0.25, 0.3) is 11.2 Å². The van der Waals surface area contributed by atoms with E-state index in [0.29, 0.717) is 55.0 Å². The zero-order chi connectivity index (χ0) is 20.3. The van der Waals surface area contributed by atoms with Crippen molar-refractivity contribution in [2.45, 2.75) is 65.0 Å². The van der Waals surface area contributed by atoms with E-state index in [1.807, 2.05) is 6.92 Å². The first-order valence-electron chi connectivity index (χ1n) is 11.0. The van der Waals surface area contributed by atoms with Crippen LogP contribution < -0.4 is 16.6 Å². The Bertz CT molecular complexity index is 1080. The number of fused-ring (bicyclic) bond motifs is 1. The van der Waals surface area contributed by atoms with E-state index >= 15 is 0 Å². The molecule has 2 N–H and O–H groups in total. The quantitative estimate of drug-likeness (QED) is 0.770. The summed E-state index contributed by atoms with van der Waals surface area (Å²) in [6, 6.07) is 0. The fourth-order valence-electron chi connectivity index (χ4n) is 6.47. The molecule has 29 heavy (non-hydrogen) atoms. The zero-order valence-electron chi connectivity index (χ0n) is 17.1. The fourth-order valence-corrected chi connectivity index (χ4v) is 6.47. The lowest BCUT2D eigenvalue weighted by atomic mass is 9.75. The standard InChI is InChI=1S/C21H29N5O3/c1-3-5-26-20(28)17-19(25(21(26)29)6-4-22-11(2)27)24-18(23-17)16-14-8-12-7-13(10-14)15(16)9-12/h12-16H,3-10H2,1-2H3,(H,22,27)(H,23,24). The smallest absolute Gasteiger partial charge is 0.332 e. The Kier molecular flexibility index (Phi) is 4.40. The second-order valence-corrected chi connectivity index (χ2v) is 9.21. The molecule has 0 aromatic carbocycles. The zero-order valence-corrected chi connectivity index (χ0v) is 17.1. The minimum Gasteiger partial charge on any atom is -0.355 e. The number of aromatic amines is 1. The molecular formula is C21H29N5O3. The molecule has 8 nitrogen and oxygen atoms in total. The van der Waals surface area contributed by atoms with Crippen molar-refractivity contribution in [3.05, 3.63) is 26.7 Å². The molecule has 2 aromatic heterocycles. The van der Waals surface area contributed by atoms with E-state index in [4.69, 9.17) is 4.98 Å². The fraction of sp³-hybridized carbons (Fsp3) is 0.714. The first-order valence-corrected chi connectivity index (χ1v) is 11.0. The molecule has 4 aliphatic carbocycles. The maximum atomic E-state index is 13.0. The highest BCUT2D eigenvalue weighted by atomic mass is 16.2. The van der Waals surface area contributed by atoms with E-state index in [2.05, 4.69) is 10.3 Å². The van der Waals surface area contributed by atoms with Crippen LogP contribution in [0.5, 0.6) is 0 Å². The Morgan fingerprint density at radius 2 is 1.93 bits per heavy atom. The van der Waals surface area contributed by atoms with E-state index in [0.717, 1.165) is 17.7 Å². The summed E-state index contributed by atoms with van der Waals surface area (Å²) in [6.45, 7) is 4.40. The van der Waals surface area contributed by atoms with Crippen molar-refractivity contribution in [3.63, 3.8) is 0 Å². The van der Waals surface area contributed by atoms with Crippen molar-refractivity contribution in [1.82, 2.24) is 24.4 Å². The van der Waals surface area contributed by atoms with Crippen LogP contribution in [-0.4, -0.2) is 31.6 Å². The van der Waals surface area contributed by atoms with E-state index in [9.17, 15) is 14.4 Å². The Morgan fingerprint density at radius 3 is 2.66 bits per heavy atom. The van der Waals surface area contributed by atoms with Gasteiger partial charge in [0.2, 0.25) is 5.91 Å². The first-order chi connectivity index (χ1) is 14.0. The molecule has 4 saturated carbocycles. The topological polar surface area (TPSA) is 102 Å². The molecule has 2 heterocycles. The molecule has 4 aliphatic rings. The van der Waals surface area contributed by atoms with Gasteiger partial charge in [0, 0.05) is 32.5 Å². The van der Waals surface area contributed by atoms with Crippen LogP contribution in [0.3, 0.4) is 0 Å². The lowest BCUT2D eigenvalue weighted by Crippen LogP contribution is -2.41. The first kappa shape index (κ1) is 18.6. The summed E-state index contributed by atoms with van der Waals surface area (Å²) in [5, 5.41) is 2.73. The predicted octanol–water partition coefficient (Wildman–Crippen LogP) is 1.58. The van der Waals surface area contributed by atoms with Crippen LogP contribution in [0.1, 0.15) is 57.7 Å². The molecule has 6 rings (SSSR count). The van der Waals surface area contributed by atoms with Crippen molar-refractivity contribution >= 4 is 17.1 Å². The lowest BCUT2D eigenvalue weighted by Gasteiger charge is -2.30. The third-order valence-electron chi connectivity index (χ3n) is 7.41. The number of hydrogen-bond donors (Lipinski definition) is 2. The molecule has 8 heteroatoms. The predicted molar refractivity (Wildman–Crippen MR) is 109 cm³/mol. The van der Waals surface area contributed by atoms with Gasteiger partial charge in [-0.2, -0.15) is 0 Å². The van der Waals surface area contributed by atoms with Gasteiger partial charge in [-0.25, -0.2) is 9.78 Å². The van der Waals surface area contributed by atoms with Gasteiger partial charge >= 0.3 is 5.69 Å². The van der Waals surface area contributed by atoms with Crippen molar-refractivity contribution in [1.29, 1.82) is 0 Å². The van der Waals surface area contributed by atoms with Gasteiger partial charge in [-0.3, -0.25) is 18.7 Å². The van der Waals surface area contributed by atoms with Gasteiger partial charge in [-0.1, -0.05) is 6.92 Å². The van der Waals surface area contributed by atoms with E-state index < -0.39 is 0 Å². The van der Waals surface area contributed by atoms with E-state index in [1.165, 1.54) is 37.2 Å². The SMILES string of the molecule is CCCn1c(=O)c2[nH]c(C3C4CC5CC(C4)C3C5)nc2n(CCNC(C)=O)c1=O. The van der Waals surface area contributed by atoms with Crippen LogP contribution in [0, 0.1) is 23.7 Å². The van der Waals surface area contributed by atoms with Crippen molar-refractivity contribution in [2.75, 3.05) is 6.54 Å². The summed E-state index contributed by atoms with van der Waals surface area (Å²) in [6.07, 6.45) is 5.87. The second kappa shape index (κ2) is 6.85. The maximum Gasteiger partial charge on any atom is 0.332 e. The van der Waals surface area contributed by atoms with Gasteiger partial charge < -0.3 is 10.3 Å². The van der Waals surface area contributed by atoms with Crippen LogP contribution in [0.15, 0.2) is 9.59 Å². The molecule has 0 saturated heterocycles. The van der Waals surface area contributed by atoms with Crippen LogP contribution in [0.4, 0.5) is 0 Å². The highest BCUT2D eigenvalue weighted by molar-refractivity contribution is 5.73. The maximum absolute atomic E-state index is 13.0. The monoisotopic (exact) mass is 399 g/mol. The minimum atomic E-state index is -0.346. The number of hydrogen-bond acceptors (Lipinski definition) is 4. The van der Waals surface area contributed by atoms with Crippen molar-refractivity contribution in [2.24, 2.45) is 23.7 Å². The summed E-state index contributed by atoms with van der Waals surface area (Å²) in [5.41, 5.74) is 0.230. The molecule has 0 aliphatic heterocycles. The van der Waals surface area contributed by atoms with Gasteiger partial charge in [0.1, 0.15) is 11.3 Å². The Hall–Kier alpha value is -2.38. The largest absolute Gasteiger partial charge is 0.355 e. The summed E-state index contributed by atoms with van der Waals surface area (Å²) in [4.78, 5) is 45.5. The molecule has 4 fully saturated rings. The van der Waals surface area contributed by atoms with Crippen LogP contribution >= 0.6 is 0 Å². The average molecular weight is 399 g/mol. The summed E-state index contributed by atoms with van der Waals surface area (Å²) < 4.78 is 2.84. The van der Waals surface area contributed by atoms with Crippen LogP contribution in [-0.2, 0) is 17.9 Å². The molecule has 1 amide bonds. The Morgan fingerprint density at radius 1 is 1.14 bits per heavy atom. The summed E-state index contributed by atoms with van der Waals surface area (Å²) in [7, 11) is 0. The van der Waals surface area contributed by atoms with E-state index in [-0.39, 0.29) is 17.2 Å². The molecular weight excluding hydrogens is 370 g/mol. The highest BCUT2D eigenvalue weighted by Crippen LogP contribution is 2.63. The molecule has 0 spiro atoms. The van der Waals surface area contributed by atoms with Gasteiger partial charge in [0.15, 0.2) is 5.65 Å². The number of H-pyrrole nitrogens is 1. The number of amides is 1. The van der Waals surface area contributed by atoms with Gasteiger partial charge in [-0.05, 0) is 55.8 Å². The number of imidazole rings is 1. The van der Waals surface area contributed by atoms with E-state index in [1.54, 1.807) is 4.57 Å². The van der Waals surface area contributed by atoms with Gasteiger partial charge in [0.25, 0.3) is 5.56 Å². The summed E-state index contributed by atoms with van der Waals surface area (Å²) >= 11 is 0. The van der Waals surface area contributed by atoms with Crippen molar-refractivity contribution < 1.29 is 4.79 Å². The molecule has 156 valence electrons. The highest BCUT2D eigenvalue weighted by Gasteiger charge is 2.55. The van der Waals surface area contributed by atoms with Gasteiger partial charge in [-0.15, -0.1) is 0 Å². The lowest BCUT2D eigenvalue weighted by molar-refractivity contribution is -0.118. The third-order valence-corrected chi connectivity index (χ3v) is 7.41. The van der Waals surface area contributed by atoms with Crippen molar-refractivity contribution in [3.8, 4) is 0 Å². The Balaban J connectivity index is 1.60. The number of aromatic nitrogens is 4. The number of nitrogens with one attached hydrogen (secondary N) is 2. The second-order valence-electron chi connectivity index (χ2n) is 9.21. The Labute approximate surface area is 168 Å². The summed E-state index contributed by atoms with van der Waals surface area (Å²) in [5.74, 6) is 4.11. The van der Waals surface area contributed by atoms with Crippen LogP contribution in [0.2, 0.25) is 0 Å². The average Bonchev–Trinajstić information content (AvgIpc) is 3.30.